The summed E-state index contributed by atoms with van der Waals surface area (Å²) in [6, 6.07) is 13.2. The summed E-state index contributed by atoms with van der Waals surface area (Å²) in [5.74, 6) is -1.49. The summed E-state index contributed by atoms with van der Waals surface area (Å²) in [4.78, 5) is 27.1. The fourth-order valence-electron chi connectivity index (χ4n) is 3.40. The van der Waals surface area contributed by atoms with Gasteiger partial charge in [0, 0.05) is 6.42 Å². The predicted molar refractivity (Wildman–Crippen MR) is 104 cm³/mol. The van der Waals surface area contributed by atoms with E-state index >= 15 is 0 Å². The number of carbonyl (C=O) groups is 2. The maximum absolute atomic E-state index is 12.9. The van der Waals surface area contributed by atoms with Crippen LogP contribution in [0.2, 0.25) is 0 Å². The standard InChI is InChI=1S/C22H23NO4/c1-13(2)11-18(25)19-20(15-7-5-4-6-8-15)23(22(27)21(19)26)16-12-14(3)9-10-17(16)24/h4-10,12-13,20,24,26H,11H2,1-3H3. The molecule has 5 nitrogen and oxygen atoms in total. The van der Waals surface area contributed by atoms with Gasteiger partial charge in [-0.25, -0.2) is 0 Å². The second-order valence-corrected chi connectivity index (χ2v) is 7.26. The number of aliphatic hydroxyl groups is 1. The molecule has 0 saturated carbocycles. The summed E-state index contributed by atoms with van der Waals surface area (Å²) in [7, 11) is 0. The zero-order chi connectivity index (χ0) is 19.7. The number of aryl methyl sites for hydroxylation is 1. The van der Waals surface area contributed by atoms with E-state index in [-0.39, 0.29) is 35.1 Å². The van der Waals surface area contributed by atoms with Gasteiger partial charge in [-0.1, -0.05) is 50.2 Å². The Morgan fingerprint density at radius 1 is 1.11 bits per heavy atom. The van der Waals surface area contributed by atoms with Crippen LogP contribution in [0.4, 0.5) is 5.69 Å². The first-order chi connectivity index (χ1) is 12.8. The van der Waals surface area contributed by atoms with Gasteiger partial charge in [-0.15, -0.1) is 0 Å². The zero-order valence-electron chi connectivity index (χ0n) is 15.6. The lowest BCUT2D eigenvalue weighted by atomic mass is 9.92. The van der Waals surface area contributed by atoms with Crippen LogP contribution in [0.3, 0.4) is 0 Å². The summed E-state index contributed by atoms with van der Waals surface area (Å²) in [6.45, 7) is 5.67. The summed E-state index contributed by atoms with van der Waals surface area (Å²) in [5.41, 5.74) is 1.90. The Kier molecular flexibility index (Phi) is 5.04. The Bertz CT molecular complexity index is 915. The van der Waals surface area contributed by atoms with Crippen LogP contribution in [-0.2, 0) is 9.59 Å². The quantitative estimate of drug-likeness (QED) is 0.832. The van der Waals surface area contributed by atoms with Gasteiger partial charge in [0.2, 0.25) is 0 Å². The van der Waals surface area contributed by atoms with Crippen LogP contribution in [0.15, 0.2) is 59.9 Å². The Labute approximate surface area is 158 Å². The van der Waals surface area contributed by atoms with E-state index in [2.05, 4.69) is 0 Å². The average molecular weight is 365 g/mol. The van der Waals surface area contributed by atoms with Crippen LogP contribution < -0.4 is 4.90 Å². The van der Waals surface area contributed by atoms with Crippen molar-refractivity contribution in [2.75, 3.05) is 4.90 Å². The third-order valence-electron chi connectivity index (χ3n) is 4.61. The lowest BCUT2D eigenvalue weighted by molar-refractivity contribution is -0.118. The second-order valence-electron chi connectivity index (χ2n) is 7.26. The van der Waals surface area contributed by atoms with Gasteiger partial charge in [0.05, 0.1) is 17.3 Å². The van der Waals surface area contributed by atoms with Gasteiger partial charge in [0.1, 0.15) is 5.75 Å². The number of hydrogen-bond donors (Lipinski definition) is 2. The maximum Gasteiger partial charge on any atom is 0.294 e. The molecule has 2 aromatic carbocycles. The molecule has 0 fully saturated rings. The monoisotopic (exact) mass is 365 g/mol. The van der Waals surface area contributed by atoms with Crippen LogP contribution >= 0.6 is 0 Å². The number of amides is 1. The van der Waals surface area contributed by atoms with Crippen molar-refractivity contribution in [2.24, 2.45) is 5.92 Å². The average Bonchev–Trinajstić information content (AvgIpc) is 2.89. The first-order valence-electron chi connectivity index (χ1n) is 8.95. The number of hydrogen-bond acceptors (Lipinski definition) is 4. The Balaban J connectivity index is 2.18. The molecule has 3 rings (SSSR count). The van der Waals surface area contributed by atoms with Gasteiger partial charge in [0.25, 0.3) is 5.91 Å². The summed E-state index contributed by atoms with van der Waals surface area (Å²) < 4.78 is 0. The van der Waals surface area contributed by atoms with Crippen molar-refractivity contribution in [1.82, 2.24) is 0 Å². The number of rotatable bonds is 5. The Morgan fingerprint density at radius 2 is 1.78 bits per heavy atom. The number of carbonyl (C=O) groups excluding carboxylic acids is 2. The van der Waals surface area contributed by atoms with Crippen molar-refractivity contribution in [3.05, 3.63) is 71.0 Å². The lowest BCUT2D eigenvalue weighted by Crippen LogP contribution is -2.31. The number of nitrogens with zero attached hydrogens (tertiary/aromatic N) is 1. The Morgan fingerprint density at radius 3 is 2.41 bits per heavy atom. The molecule has 0 aromatic heterocycles. The fourth-order valence-corrected chi connectivity index (χ4v) is 3.40. The van der Waals surface area contributed by atoms with Crippen LogP contribution in [0.25, 0.3) is 0 Å². The number of Topliss-reactive ketones (excluding diaryl/α,β-unsaturated/α-hetero) is 1. The first-order valence-corrected chi connectivity index (χ1v) is 8.95. The molecule has 0 aliphatic carbocycles. The van der Waals surface area contributed by atoms with E-state index in [9.17, 15) is 19.8 Å². The van der Waals surface area contributed by atoms with E-state index < -0.39 is 17.7 Å². The third-order valence-corrected chi connectivity index (χ3v) is 4.61. The zero-order valence-corrected chi connectivity index (χ0v) is 15.6. The van der Waals surface area contributed by atoms with E-state index in [4.69, 9.17) is 0 Å². The number of phenols is 1. The molecule has 1 unspecified atom stereocenters. The summed E-state index contributed by atoms with van der Waals surface area (Å²) in [6.07, 6.45) is 0.226. The van der Waals surface area contributed by atoms with Crippen molar-refractivity contribution in [1.29, 1.82) is 0 Å². The molecular weight excluding hydrogens is 342 g/mol. The number of phenolic OH excluding ortho intramolecular Hbond substituents is 1. The molecule has 1 aliphatic heterocycles. The SMILES string of the molecule is Cc1ccc(O)c(N2C(=O)C(O)=C(C(=O)CC(C)C)C2c2ccccc2)c1. The van der Waals surface area contributed by atoms with Gasteiger partial charge in [-0.3, -0.25) is 14.5 Å². The maximum atomic E-state index is 12.9. The molecule has 0 saturated heterocycles. The van der Waals surface area contributed by atoms with Crippen LogP contribution in [0, 0.1) is 12.8 Å². The van der Waals surface area contributed by atoms with Crippen molar-refractivity contribution < 1.29 is 19.8 Å². The molecular formula is C22H23NO4. The molecule has 1 aliphatic rings. The van der Waals surface area contributed by atoms with E-state index in [0.29, 0.717) is 5.56 Å². The van der Waals surface area contributed by atoms with Gasteiger partial charge in [-0.05, 0) is 36.1 Å². The van der Waals surface area contributed by atoms with Crippen molar-refractivity contribution in [2.45, 2.75) is 33.2 Å². The minimum absolute atomic E-state index is 0.0831. The fraction of sp³-hybridized carbons (Fsp3) is 0.273. The highest BCUT2D eigenvalue weighted by atomic mass is 16.3. The summed E-state index contributed by atoms with van der Waals surface area (Å²) >= 11 is 0. The van der Waals surface area contributed by atoms with Gasteiger partial charge in [-0.2, -0.15) is 0 Å². The van der Waals surface area contributed by atoms with E-state index in [1.807, 2.05) is 39.0 Å². The topological polar surface area (TPSA) is 77.8 Å². The first kappa shape index (κ1) is 18.7. The minimum Gasteiger partial charge on any atom is -0.506 e. The van der Waals surface area contributed by atoms with E-state index in [0.717, 1.165) is 5.56 Å². The minimum atomic E-state index is -0.780. The van der Waals surface area contributed by atoms with E-state index in [1.54, 1.807) is 24.3 Å². The smallest absolute Gasteiger partial charge is 0.294 e. The second kappa shape index (κ2) is 7.27. The normalized spacial score (nSPS) is 17.1. The third kappa shape index (κ3) is 3.45. The lowest BCUT2D eigenvalue weighted by Gasteiger charge is -2.28. The van der Waals surface area contributed by atoms with Gasteiger partial charge in [0.15, 0.2) is 11.5 Å². The molecule has 2 N–H and O–H groups in total. The molecule has 5 heteroatoms. The molecule has 140 valence electrons. The van der Waals surface area contributed by atoms with Crippen molar-refractivity contribution >= 4 is 17.4 Å². The van der Waals surface area contributed by atoms with Crippen molar-refractivity contribution in [3.8, 4) is 5.75 Å². The van der Waals surface area contributed by atoms with Crippen LogP contribution in [0.5, 0.6) is 5.75 Å². The molecule has 0 radical (unpaired) electrons. The molecule has 0 bridgehead atoms. The molecule has 1 heterocycles. The largest absolute Gasteiger partial charge is 0.506 e. The highest BCUT2D eigenvalue weighted by Gasteiger charge is 2.44. The number of anilines is 1. The number of ketones is 1. The Hall–Kier alpha value is -3.08. The molecule has 1 amide bonds. The van der Waals surface area contributed by atoms with Gasteiger partial charge < -0.3 is 10.2 Å². The molecule has 2 aromatic rings. The molecule has 27 heavy (non-hydrogen) atoms. The van der Waals surface area contributed by atoms with Crippen LogP contribution in [0.1, 0.15) is 37.4 Å². The predicted octanol–water partition coefficient (Wildman–Crippen LogP) is 4.22. The number of aromatic hydroxyl groups is 1. The molecule has 1 atom stereocenters. The van der Waals surface area contributed by atoms with E-state index in [1.165, 1.54) is 11.0 Å². The summed E-state index contributed by atoms with van der Waals surface area (Å²) in [5, 5.41) is 20.9. The van der Waals surface area contributed by atoms with Gasteiger partial charge >= 0.3 is 0 Å². The number of aliphatic hydroxyl groups excluding tert-OH is 1. The van der Waals surface area contributed by atoms with Crippen molar-refractivity contribution in [3.63, 3.8) is 0 Å². The van der Waals surface area contributed by atoms with Crippen LogP contribution in [-0.4, -0.2) is 21.9 Å². The highest BCUT2D eigenvalue weighted by molar-refractivity contribution is 6.17. The number of benzene rings is 2. The highest BCUT2D eigenvalue weighted by Crippen LogP contribution is 2.44. The molecule has 0 spiro atoms.